The number of amides is 2. The Bertz CT molecular complexity index is 637. The van der Waals surface area contributed by atoms with E-state index in [1.54, 1.807) is 24.3 Å². The average Bonchev–Trinajstić information content (AvgIpc) is 2.92. The number of aliphatic hydroxyl groups excluding tert-OH is 1. The molecule has 0 saturated carbocycles. The molecule has 0 aliphatic carbocycles. The van der Waals surface area contributed by atoms with E-state index in [9.17, 15) is 9.59 Å². The number of nitrogens with one attached hydrogen (secondary N) is 2. The number of carbonyl (C=O) groups is 2. The van der Waals surface area contributed by atoms with Crippen molar-refractivity contribution in [2.45, 2.75) is 0 Å². The predicted molar refractivity (Wildman–Crippen MR) is 77.5 cm³/mol. The van der Waals surface area contributed by atoms with Crippen molar-refractivity contribution in [3.63, 3.8) is 0 Å². The van der Waals surface area contributed by atoms with Gasteiger partial charge in [-0.15, -0.1) is 0 Å². The van der Waals surface area contributed by atoms with E-state index >= 15 is 0 Å². The molecule has 0 saturated heterocycles. The van der Waals surface area contributed by atoms with E-state index < -0.39 is 5.91 Å². The number of rotatable bonds is 5. The molecule has 2 rings (SSSR count). The fourth-order valence-corrected chi connectivity index (χ4v) is 1.75. The Morgan fingerprint density at radius 1 is 1.10 bits per heavy atom. The van der Waals surface area contributed by atoms with Crippen molar-refractivity contribution in [1.29, 1.82) is 0 Å². The molecule has 0 fully saturated rings. The largest absolute Gasteiger partial charge is 0.440 e. The lowest BCUT2D eigenvalue weighted by molar-refractivity contribution is 0.0944. The number of benzene rings is 1. The summed E-state index contributed by atoms with van der Waals surface area (Å²) in [5, 5.41) is 13.9. The summed E-state index contributed by atoms with van der Waals surface area (Å²) in [7, 11) is 0. The standard InChI is InChI=1S/C14H13ClN2O4/c15-12-6-5-11(21-12)14(20)17-10-3-1-9(2-4-10)13(19)16-7-8-18/h1-6,18H,7-8H2,(H,16,19)(H,17,20). The Labute approximate surface area is 125 Å². The molecule has 1 heterocycles. The summed E-state index contributed by atoms with van der Waals surface area (Å²) in [6.45, 7) is 0.0716. The van der Waals surface area contributed by atoms with Crippen LogP contribution in [-0.4, -0.2) is 30.1 Å². The van der Waals surface area contributed by atoms with Gasteiger partial charge in [0.05, 0.1) is 6.61 Å². The van der Waals surface area contributed by atoms with Gasteiger partial charge in [0.1, 0.15) is 0 Å². The fraction of sp³-hybridized carbons (Fsp3) is 0.143. The molecule has 1 aromatic heterocycles. The Morgan fingerprint density at radius 2 is 1.81 bits per heavy atom. The van der Waals surface area contributed by atoms with E-state index in [4.69, 9.17) is 21.1 Å². The van der Waals surface area contributed by atoms with Crippen LogP contribution in [0.15, 0.2) is 40.8 Å². The van der Waals surface area contributed by atoms with E-state index in [1.807, 2.05) is 0 Å². The highest BCUT2D eigenvalue weighted by atomic mass is 35.5. The molecule has 2 aromatic rings. The van der Waals surface area contributed by atoms with Gasteiger partial charge < -0.3 is 20.2 Å². The minimum Gasteiger partial charge on any atom is -0.440 e. The summed E-state index contributed by atoms with van der Waals surface area (Å²) < 4.78 is 4.99. The van der Waals surface area contributed by atoms with Crippen LogP contribution in [0.4, 0.5) is 5.69 Å². The molecule has 0 aliphatic heterocycles. The lowest BCUT2D eigenvalue weighted by Crippen LogP contribution is -2.26. The Kier molecular flexibility index (Phi) is 4.97. The molecule has 0 atom stereocenters. The predicted octanol–water partition coefficient (Wildman–Crippen LogP) is 1.91. The third kappa shape index (κ3) is 4.08. The number of anilines is 1. The fourth-order valence-electron chi connectivity index (χ4n) is 1.61. The van der Waals surface area contributed by atoms with Gasteiger partial charge in [-0.3, -0.25) is 9.59 Å². The molecule has 21 heavy (non-hydrogen) atoms. The quantitative estimate of drug-likeness (QED) is 0.787. The van der Waals surface area contributed by atoms with Crippen LogP contribution in [0, 0.1) is 0 Å². The maximum Gasteiger partial charge on any atom is 0.291 e. The number of hydrogen-bond acceptors (Lipinski definition) is 4. The van der Waals surface area contributed by atoms with E-state index in [2.05, 4.69) is 10.6 Å². The van der Waals surface area contributed by atoms with Gasteiger partial charge in [-0.25, -0.2) is 0 Å². The van der Waals surface area contributed by atoms with Crippen molar-refractivity contribution in [2.75, 3.05) is 18.5 Å². The maximum absolute atomic E-state index is 11.8. The molecule has 0 radical (unpaired) electrons. The minimum absolute atomic E-state index is 0.102. The monoisotopic (exact) mass is 308 g/mol. The minimum atomic E-state index is -0.431. The number of aliphatic hydroxyl groups is 1. The van der Waals surface area contributed by atoms with Gasteiger partial charge in [0.2, 0.25) is 0 Å². The summed E-state index contributed by atoms with van der Waals surface area (Å²) in [6.07, 6.45) is 0. The maximum atomic E-state index is 11.8. The molecule has 3 N–H and O–H groups in total. The van der Waals surface area contributed by atoms with E-state index in [1.165, 1.54) is 12.1 Å². The van der Waals surface area contributed by atoms with Crippen molar-refractivity contribution in [2.24, 2.45) is 0 Å². The molecule has 0 aliphatic rings. The van der Waals surface area contributed by atoms with E-state index in [0.29, 0.717) is 11.3 Å². The molecule has 7 heteroatoms. The van der Waals surface area contributed by atoms with Crippen molar-refractivity contribution in [3.05, 3.63) is 52.9 Å². The smallest absolute Gasteiger partial charge is 0.291 e. The van der Waals surface area contributed by atoms with Crippen molar-refractivity contribution < 1.29 is 19.1 Å². The van der Waals surface area contributed by atoms with Gasteiger partial charge in [0.25, 0.3) is 11.8 Å². The molecule has 110 valence electrons. The number of carbonyl (C=O) groups excluding carboxylic acids is 2. The first-order valence-corrected chi connectivity index (χ1v) is 6.54. The normalized spacial score (nSPS) is 10.2. The highest BCUT2D eigenvalue weighted by Crippen LogP contribution is 2.16. The average molecular weight is 309 g/mol. The van der Waals surface area contributed by atoms with Crippen LogP contribution in [0.25, 0.3) is 0 Å². The molecule has 6 nitrogen and oxygen atoms in total. The number of halogens is 1. The summed E-state index contributed by atoms with van der Waals surface area (Å²) in [6, 6.07) is 9.26. The van der Waals surface area contributed by atoms with Crippen LogP contribution >= 0.6 is 11.6 Å². The molecular formula is C14H13ClN2O4. The summed E-state index contributed by atoms with van der Waals surface area (Å²) in [5.74, 6) is -0.621. The molecule has 2 amide bonds. The summed E-state index contributed by atoms with van der Waals surface area (Å²) in [4.78, 5) is 23.4. The summed E-state index contributed by atoms with van der Waals surface area (Å²) in [5.41, 5.74) is 0.953. The number of furan rings is 1. The van der Waals surface area contributed by atoms with Crippen LogP contribution < -0.4 is 10.6 Å². The molecule has 0 spiro atoms. The van der Waals surface area contributed by atoms with Gasteiger partial charge >= 0.3 is 0 Å². The van der Waals surface area contributed by atoms with Crippen molar-refractivity contribution in [1.82, 2.24) is 5.32 Å². The zero-order chi connectivity index (χ0) is 15.2. The highest BCUT2D eigenvalue weighted by molar-refractivity contribution is 6.29. The second-order valence-corrected chi connectivity index (χ2v) is 4.49. The van der Waals surface area contributed by atoms with Gasteiger partial charge in [0.15, 0.2) is 11.0 Å². The lowest BCUT2D eigenvalue weighted by Gasteiger charge is -2.06. The molecular weight excluding hydrogens is 296 g/mol. The first-order valence-electron chi connectivity index (χ1n) is 6.16. The van der Waals surface area contributed by atoms with E-state index in [-0.39, 0.29) is 30.0 Å². The molecule has 0 unspecified atom stereocenters. The third-order valence-corrected chi connectivity index (χ3v) is 2.80. The van der Waals surface area contributed by atoms with Crippen molar-refractivity contribution in [3.8, 4) is 0 Å². The van der Waals surface area contributed by atoms with Crippen LogP contribution in [0.5, 0.6) is 0 Å². The zero-order valence-corrected chi connectivity index (χ0v) is 11.7. The lowest BCUT2D eigenvalue weighted by atomic mass is 10.2. The van der Waals surface area contributed by atoms with Gasteiger partial charge in [-0.2, -0.15) is 0 Å². The van der Waals surface area contributed by atoms with Crippen LogP contribution in [0.1, 0.15) is 20.9 Å². The van der Waals surface area contributed by atoms with Crippen LogP contribution in [0.2, 0.25) is 5.22 Å². The van der Waals surface area contributed by atoms with E-state index in [0.717, 1.165) is 0 Å². The zero-order valence-electron chi connectivity index (χ0n) is 10.9. The van der Waals surface area contributed by atoms with Gasteiger partial charge in [-0.05, 0) is 48.0 Å². The van der Waals surface area contributed by atoms with Crippen molar-refractivity contribution >= 4 is 29.1 Å². The Balaban J connectivity index is 1.99. The second kappa shape index (κ2) is 6.92. The summed E-state index contributed by atoms with van der Waals surface area (Å²) >= 11 is 5.60. The Hall–Kier alpha value is -2.31. The SMILES string of the molecule is O=C(NCCO)c1ccc(NC(=O)c2ccc(Cl)o2)cc1. The van der Waals surface area contributed by atoms with Gasteiger partial charge in [-0.1, -0.05) is 0 Å². The second-order valence-electron chi connectivity index (χ2n) is 4.11. The third-order valence-electron chi connectivity index (χ3n) is 2.60. The topological polar surface area (TPSA) is 91.6 Å². The van der Waals surface area contributed by atoms with Crippen LogP contribution in [-0.2, 0) is 0 Å². The first-order chi connectivity index (χ1) is 10.1. The van der Waals surface area contributed by atoms with Gasteiger partial charge in [0, 0.05) is 17.8 Å². The molecule has 1 aromatic carbocycles. The number of hydrogen-bond donors (Lipinski definition) is 3. The highest BCUT2D eigenvalue weighted by Gasteiger charge is 2.11. The molecule has 0 bridgehead atoms. The first kappa shape index (κ1) is 15.1. The Morgan fingerprint density at radius 3 is 2.38 bits per heavy atom. The van der Waals surface area contributed by atoms with Crippen LogP contribution in [0.3, 0.4) is 0 Å².